The standard InChI is InChI=1S/C19H26N4O/c20-15-17-7-2-3-8-18(17)22-12-6-9-21(13-14-22)16-19(24)23-10-4-1-5-11-23/h2-3,7-8H,1,4-6,9-14,16H2. The molecule has 0 bridgehead atoms. The molecule has 0 radical (unpaired) electrons. The zero-order valence-electron chi connectivity index (χ0n) is 14.3. The Morgan fingerprint density at radius 3 is 2.54 bits per heavy atom. The maximum absolute atomic E-state index is 12.5. The molecule has 1 amide bonds. The maximum atomic E-state index is 12.5. The molecule has 128 valence electrons. The lowest BCUT2D eigenvalue weighted by Crippen LogP contribution is -2.43. The highest BCUT2D eigenvalue weighted by molar-refractivity contribution is 5.78. The number of rotatable bonds is 3. The normalized spacial score (nSPS) is 19.6. The fourth-order valence-corrected chi connectivity index (χ4v) is 3.65. The van der Waals surface area contributed by atoms with Gasteiger partial charge >= 0.3 is 0 Å². The second-order valence-electron chi connectivity index (χ2n) is 6.69. The zero-order valence-corrected chi connectivity index (χ0v) is 14.3. The molecule has 0 unspecified atom stereocenters. The minimum Gasteiger partial charge on any atom is -0.369 e. The van der Waals surface area contributed by atoms with Crippen molar-refractivity contribution >= 4 is 11.6 Å². The molecule has 2 aliphatic heterocycles. The number of hydrogen-bond donors (Lipinski definition) is 0. The van der Waals surface area contributed by atoms with E-state index in [1.807, 2.05) is 29.2 Å². The van der Waals surface area contributed by atoms with Gasteiger partial charge < -0.3 is 9.80 Å². The van der Waals surface area contributed by atoms with E-state index < -0.39 is 0 Å². The van der Waals surface area contributed by atoms with Crippen molar-refractivity contribution in [3.8, 4) is 6.07 Å². The summed E-state index contributed by atoms with van der Waals surface area (Å²) in [5.74, 6) is 0.278. The molecule has 0 N–H and O–H groups in total. The molecule has 2 aliphatic rings. The Morgan fingerprint density at radius 1 is 0.958 bits per heavy atom. The summed E-state index contributed by atoms with van der Waals surface area (Å²) in [6, 6.07) is 10.1. The zero-order chi connectivity index (χ0) is 16.8. The number of likely N-dealkylation sites (tertiary alicyclic amines) is 1. The summed E-state index contributed by atoms with van der Waals surface area (Å²) in [4.78, 5) is 19.0. The van der Waals surface area contributed by atoms with Crippen LogP contribution in [0.15, 0.2) is 24.3 Å². The van der Waals surface area contributed by atoms with E-state index in [0.717, 1.165) is 69.8 Å². The Bertz CT molecular complexity index is 604. The van der Waals surface area contributed by atoms with Crippen LogP contribution < -0.4 is 4.90 Å². The fourth-order valence-electron chi connectivity index (χ4n) is 3.65. The Kier molecular flexibility index (Phi) is 5.71. The van der Waals surface area contributed by atoms with Crippen LogP contribution in [0.5, 0.6) is 0 Å². The average molecular weight is 326 g/mol. The summed E-state index contributed by atoms with van der Waals surface area (Å²) >= 11 is 0. The first kappa shape index (κ1) is 16.8. The van der Waals surface area contributed by atoms with Gasteiger partial charge in [-0.25, -0.2) is 0 Å². The van der Waals surface area contributed by atoms with Gasteiger partial charge in [0, 0.05) is 39.3 Å². The van der Waals surface area contributed by atoms with E-state index in [-0.39, 0.29) is 5.91 Å². The van der Waals surface area contributed by atoms with Crippen LogP contribution in [0.1, 0.15) is 31.2 Å². The van der Waals surface area contributed by atoms with E-state index in [0.29, 0.717) is 6.54 Å². The molecule has 1 aromatic carbocycles. The molecule has 24 heavy (non-hydrogen) atoms. The van der Waals surface area contributed by atoms with Gasteiger partial charge in [-0.1, -0.05) is 12.1 Å². The number of piperidine rings is 1. The Hall–Kier alpha value is -2.06. The van der Waals surface area contributed by atoms with Crippen LogP contribution in [0.3, 0.4) is 0 Å². The smallest absolute Gasteiger partial charge is 0.236 e. The first-order valence-corrected chi connectivity index (χ1v) is 9.02. The topological polar surface area (TPSA) is 50.6 Å². The van der Waals surface area contributed by atoms with Gasteiger partial charge in [0.15, 0.2) is 0 Å². The third-order valence-corrected chi connectivity index (χ3v) is 5.02. The molecular formula is C19H26N4O. The van der Waals surface area contributed by atoms with E-state index in [4.69, 9.17) is 0 Å². The quantitative estimate of drug-likeness (QED) is 0.853. The van der Waals surface area contributed by atoms with Crippen molar-refractivity contribution in [2.75, 3.05) is 50.7 Å². The minimum absolute atomic E-state index is 0.278. The molecule has 0 spiro atoms. The Morgan fingerprint density at radius 2 is 1.75 bits per heavy atom. The number of nitriles is 1. The van der Waals surface area contributed by atoms with Gasteiger partial charge in [-0.3, -0.25) is 9.69 Å². The van der Waals surface area contributed by atoms with Gasteiger partial charge in [-0.2, -0.15) is 5.26 Å². The van der Waals surface area contributed by atoms with E-state index in [1.54, 1.807) is 0 Å². The van der Waals surface area contributed by atoms with Gasteiger partial charge in [-0.15, -0.1) is 0 Å². The van der Waals surface area contributed by atoms with Crippen LogP contribution >= 0.6 is 0 Å². The van der Waals surface area contributed by atoms with Crippen LogP contribution in [0.25, 0.3) is 0 Å². The van der Waals surface area contributed by atoms with Gasteiger partial charge in [0.05, 0.1) is 17.8 Å². The number of hydrogen-bond acceptors (Lipinski definition) is 4. The Balaban J connectivity index is 1.57. The van der Waals surface area contributed by atoms with E-state index in [2.05, 4.69) is 15.9 Å². The van der Waals surface area contributed by atoms with Crippen LogP contribution in [-0.2, 0) is 4.79 Å². The highest BCUT2D eigenvalue weighted by Crippen LogP contribution is 2.21. The van der Waals surface area contributed by atoms with Crippen LogP contribution in [0.2, 0.25) is 0 Å². The van der Waals surface area contributed by atoms with Crippen molar-refractivity contribution in [3.63, 3.8) is 0 Å². The molecule has 0 aliphatic carbocycles. The van der Waals surface area contributed by atoms with Crippen LogP contribution in [0.4, 0.5) is 5.69 Å². The molecule has 2 fully saturated rings. The lowest BCUT2D eigenvalue weighted by Gasteiger charge is -2.29. The van der Waals surface area contributed by atoms with E-state index >= 15 is 0 Å². The molecular weight excluding hydrogens is 300 g/mol. The monoisotopic (exact) mass is 326 g/mol. The summed E-state index contributed by atoms with van der Waals surface area (Å²) in [6.45, 7) is 6.01. The molecule has 5 heteroatoms. The minimum atomic E-state index is 0.278. The van der Waals surface area contributed by atoms with Gasteiger partial charge in [-0.05, 0) is 37.8 Å². The number of carbonyl (C=O) groups excluding carboxylic acids is 1. The van der Waals surface area contributed by atoms with Gasteiger partial charge in [0.1, 0.15) is 6.07 Å². The van der Waals surface area contributed by atoms with Crippen molar-refractivity contribution in [2.24, 2.45) is 0 Å². The molecule has 0 saturated carbocycles. The lowest BCUT2D eigenvalue weighted by atomic mass is 10.1. The summed E-state index contributed by atoms with van der Waals surface area (Å²) in [6.07, 6.45) is 4.56. The number of carbonyl (C=O) groups is 1. The lowest BCUT2D eigenvalue weighted by molar-refractivity contribution is -0.133. The molecule has 1 aromatic rings. The highest BCUT2D eigenvalue weighted by Gasteiger charge is 2.22. The number of amides is 1. The van der Waals surface area contributed by atoms with Crippen LogP contribution in [0, 0.1) is 11.3 Å². The first-order valence-electron chi connectivity index (χ1n) is 9.02. The summed E-state index contributed by atoms with van der Waals surface area (Å²) in [5, 5.41) is 9.30. The van der Waals surface area contributed by atoms with Gasteiger partial charge in [0.2, 0.25) is 5.91 Å². The third-order valence-electron chi connectivity index (χ3n) is 5.02. The highest BCUT2D eigenvalue weighted by atomic mass is 16.2. The fraction of sp³-hybridized carbons (Fsp3) is 0.579. The second kappa shape index (κ2) is 8.16. The first-order chi connectivity index (χ1) is 11.8. The van der Waals surface area contributed by atoms with Crippen molar-refractivity contribution in [1.82, 2.24) is 9.80 Å². The number of anilines is 1. The van der Waals surface area contributed by atoms with Crippen molar-refractivity contribution < 1.29 is 4.79 Å². The molecule has 2 heterocycles. The van der Waals surface area contributed by atoms with E-state index in [9.17, 15) is 10.1 Å². The molecule has 0 aromatic heterocycles. The van der Waals surface area contributed by atoms with Crippen molar-refractivity contribution in [2.45, 2.75) is 25.7 Å². The van der Waals surface area contributed by atoms with Crippen molar-refractivity contribution in [1.29, 1.82) is 5.26 Å². The largest absolute Gasteiger partial charge is 0.369 e. The van der Waals surface area contributed by atoms with Crippen LogP contribution in [-0.4, -0.2) is 61.5 Å². The summed E-state index contributed by atoms with van der Waals surface area (Å²) in [5.41, 5.74) is 1.75. The number of para-hydroxylation sites is 1. The predicted molar refractivity (Wildman–Crippen MR) is 94.9 cm³/mol. The average Bonchev–Trinajstić information content (AvgIpc) is 2.88. The number of nitrogens with zero attached hydrogens (tertiary/aromatic N) is 4. The van der Waals surface area contributed by atoms with Gasteiger partial charge in [0.25, 0.3) is 0 Å². The summed E-state index contributed by atoms with van der Waals surface area (Å²) in [7, 11) is 0. The third kappa shape index (κ3) is 4.07. The number of benzene rings is 1. The second-order valence-corrected chi connectivity index (χ2v) is 6.69. The predicted octanol–water partition coefficient (Wildman–Crippen LogP) is 2.08. The maximum Gasteiger partial charge on any atom is 0.236 e. The van der Waals surface area contributed by atoms with E-state index in [1.165, 1.54) is 6.42 Å². The molecule has 5 nitrogen and oxygen atoms in total. The molecule has 0 atom stereocenters. The summed E-state index contributed by atoms with van der Waals surface area (Å²) < 4.78 is 0. The van der Waals surface area contributed by atoms with Crippen molar-refractivity contribution in [3.05, 3.63) is 29.8 Å². The molecule has 3 rings (SSSR count). The molecule has 2 saturated heterocycles. The Labute approximate surface area is 144 Å². The SMILES string of the molecule is N#Cc1ccccc1N1CCCN(CC(=O)N2CCCCC2)CC1.